The van der Waals surface area contributed by atoms with Gasteiger partial charge in [-0.3, -0.25) is 4.98 Å². The van der Waals surface area contributed by atoms with E-state index in [0.717, 1.165) is 14.5 Å². The minimum absolute atomic E-state index is 0.209. The highest BCUT2D eigenvalue weighted by Crippen LogP contribution is 2.32. The van der Waals surface area contributed by atoms with Crippen LogP contribution < -0.4 is 0 Å². The van der Waals surface area contributed by atoms with Crippen LogP contribution in [0.3, 0.4) is 0 Å². The summed E-state index contributed by atoms with van der Waals surface area (Å²) in [5, 5.41) is 10.0. The number of hydrogen-bond donors (Lipinski definition) is 1. The van der Waals surface area contributed by atoms with Gasteiger partial charge in [0.15, 0.2) is 0 Å². The van der Waals surface area contributed by atoms with Crippen molar-refractivity contribution in [3.05, 3.63) is 57.2 Å². The second kappa shape index (κ2) is 5.54. The van der Waals surface area contributed by atoms with Crippen molar-refractivity contribution < 1.29 is 9.90 Å². The van der Waals surface area contributed by atoms with Crippen molar-refractivity contribution in [2.45, 2.75) is 0 Å². The Balaban J connectivity index is 2.38. The number of nitrogens with zero attached hydrogens (tertiary/aromatic N) is 2. The Hall–Kier alpha value is -1.79. The molecular formula is C15H8Br2N2O2. The molecule has 0 aliphatic rings. The lowest BCUT2D eigenvalue weighted by Gasteiger charge is -2.09. The number of halogens is 2. The first kappa shape index (κ1) is 14.2. The first-order chi connectivity index (χ1) is 10.1. The number of hydrogen-bond acceptors (Lipinski definition) is 3. The maximum atomic E-state index is 11.5. The molecule has 0 aliphatic carbocycles. The minimum atomic E-state index is -0.988. The average molecular weight is 408 g/mol. The fourth-order valence-corrected chi connectivity index (χ4v) is 3.41. The molecule has 0 atom stereocenters. The van der Waals surface area contributed by atoms with Gasteiger partial charge in [0, 0.05) is 32.3 Å². The van der Waals surface area contributed by atoms with E-state index in [1.54, 1.807) is 30.6 Å². The standard InChI is InChI=1S/C15H8Br2N2O2/c16-9-4-10-11(15(20)21)6-13(8-2-1-3-18-7-8)19-14(10)12(17)5-9/h1-7H,(H,20,21). The third-order valence-electron chi connectivity index (χ3n) is 3.02. The van der Waals surface area contributed by atoms with Crippen LogP contribution in [0.2, 0.25) is 0 Å². The van der Waals surface area contributed by atoms with Crippen molar-refractivity contribution in [3.8, 4) is 11.3 Å². The van der Waals surface area contributed by atoms with E-state index in [1.165, 1.54) is 0 Å². The number of fused-ring (bicyclic) bond motifs is 1. The third-order valence-corrected chi connectivity index (χ3v) is 4.08. The van der Waals surface area contributed by atoms with Crippen LogP contribution >= 0.6 is 31.9 Å². The lowest BCUT2D eigenvalue weighted by Crippen LogP contribution is -2.01. The van der Waals surface area contributed by atoms with Gasteiger partial charge in [-0.1, -0.05) is 15.9 Å². The zero-order valence-electron chi connectivity index (χ0n) is 10.5. The van der Waals surface area contributed by atoms with Gasteiger partial charge in [0.25, 0.3) is 0 Å². The molecule has 2 aromatic heterocycles. The van der Waals surface area contributed by atoms with Crippen molar-refractivity contribution in [2.75, 3.05) is 0 Å². The van der Waals surface area contributed by atoms with Crippen LogP contribution in [0.15, 0.2) is 51.7 Å². The molecule has 0 aliphatic heterocycles. The number of aromatic nitrogens is 2. The average Bonchev–Trinajstić information content (AvgIpc) is 2.47. The number of rotatable bonds is 2. The second-order valence-corrected chi connectivity index (χ2v) is 6.16. The molecule has 0 saturated heterocycles. The van der Waals surface area contributed by atoms with Crippen LogP contribution in [0.5, 0.6) is 0 Å². The third kappa shape index (κ3) is 2.69. The number of aromatic carboxylic acids is 1. The van der Waals surface area contributed by atoms with Gasteiger partial charge in [-0.25, -0.2) is 9.78 Å². The molecule has 1 aromatic carbocycles. The zero-order chi connectivity index (χ0) is 15.0. The van der Waals surface area contributed by atoms with Crippen molar-refractivity contribution in [1.82, 2.24) is 9.97 Å². The van der Waals surface area contributed by atoms with E-state index in [4.69, 9.17) is 0 Å². The molecule has 6 heteroatoms. The highest BCUT2D eigenvalue weighted by atomic mass is 79.9. The Kier molecular flexibility index (Phi) is 3.73. The highest BCUT2D eigenvalue weighted by molar-refractivity contribution is 9.11. The van der Waals surface area contributed by atoms with E-state index in [9.17, 15) is 9.90 Å². The number of carbonyl (C=O) groups is 1. The fourth-order valence-electron chi connectivity index (χ4n) is 2.09. The van der Waals surface area contributed by atoms with Crippen LogP contribution in [0, 0.1) is 0 Å². The van der Waals surface area contributed by atoms with Gasteiger partial charge in [0.05, 0.1) is 16.8 Å². The Morgan fingerprint density at radius 3 is 2.67 bits per heavy atom. The Labute approximate surface area is 137 Å². The molecule has 1 N–H and O–H groups in total. The lowest BCUT2D eigenvalue weighted by molar-refractivity contribution is 0.0699. The number of benzene rings is 1. The molecule has 0 spiro atoms. The fraction of sp³-hybridized carbons (Fsp3) is 0. The van der Waals surface area contributed by atoms with Gasteiger partial charge in [-0.15, -0.1) is 0 Å². The molecule has 0 radical (unpaired) electrons. The summed E-state index contributed by atoms with van der Waals surface area (Å²) in [4.78, 5) is 20.2. The number of carboxylic acids is 1. The highest BCUT2D eigenvalue weighted by Gasteiger charge is 2.15. The number of pyridine rings is 2. The van der Waals surface area contributed by atoms with Gasteiger partial charge in [0.1, 0.15) is 0 Å². The van der Waals surface area contributed by atoms with Gasteiger partial charge < -0.3 is 5.11 Å². The zero-order valence-corrected chi connectivity index (χ0v) is 13.7. The summed E-state index contributed by atoms with van der Waals surface area (Å²) < 4.78 is 1.53. The van der Waals surface area contributed by atoms with Crippen molar-refractivity contribution in [2.24, 2.45) is 0 Å². The molecule has 3 rings (SSSR count). The van der Waals surface area contributed by atoms with Crippen molar-refractivity contribution in [1.29, 1.82) is 0 Å². The molecule has 3 aromatic rings. The first-order valence-electron chi connectivity index (χ1n) is 6.00. The smallest absolute Gasteiger partial charge is 0.336 e. The Bertz CT molecular complexity index is 851. The maximum Gasteiger partial charge on any atom is 0.336 e. The minimum Gasteiger partial charge on any atom is -0.478 e. The van der Waals surface area contributed by atoms with Crippen LogP contribution in [0.4, 0.5) is 0 Å². The first-order valence-corrected chi connectivity index (χ1v) is 7.58. The summed E-state index contributed by atoms with van der Waals surface area (Å²) in [5.41, 5.74) is 2.17. The van der Waals surface area contributed by atoms with E-state index in [1.807, 2.05) is 12.1 Å². The van der Waals surface area contributed by atoms with Gasteiger partial charge >= 0.3 is 5.97 Å². The lowest BCUT2D eigenvalue weighted by atomic mass is 10.1. The topological polar surface area (TPSA) is 63.1 Å². The summed E-state index contributed by atoms with van der Waals surface area (Å²) in [5.74, 6) is -0.988. The van der Waals surface area contributed by atoms with E-state index >= 15 is 0 Å². The Morgan fingerprint density at radius 1 is 1.19 bits per heavy atom. The molecule has 0 bridgehead atoms. The maximum absolute atomic E-state index is 11.5. The van der Waals surface area contributed by atoms with E-state index in [2.05, 4.69) is 41.8 Å². The molecule has 0 fully saturated rings. The molecule has 104 valence electrons. The molecule has 0 amide bonds. The summed E-state index contributed by atoms with van der Waals surface area (Å²) in [6.45, 7) is 0. The normalized spacial score (nSPS) is 10.8. The monoisotopic (exact) mass is 406 g/mol. The van der Waals surface area contributed by atoms with E-state index < -0.39 is 5.97 Å². The second-order valence-electron chi connectivity index (χ2n) is 4.39. The molecule has 4 nitrogen and oxygen atoms in total. The molecule has 0 unspecified atom stereocenters. The summed E-state index contributed by atoms with van der Waals surface area (Å²) in [6, 6.07) is 8.80. The SMILES string of the molecule is O=C(O)c1cc(-c2cccnc2)nc2c(Br)cc(Br)cc12. The van der Waals surface area contributed by atoms with Crippen LogP contribution in [-0.4, -0.2) is 21.0 Å². The van der Waals surface area contributed by atoms with Gasteiger partial charge in [-0.05, 0) is 46.3 Å². The van der Waals surface area contributed by atoms with Crippen LogP contribution in [0.1, 0.15) is 10.4 Å². The summed E-state index contributed by atoms with van der Waals surface area (Å²) in [7, 11) is 0. The largest absolute Gasteiger partial charge is 0.478 e. The van der Waals surface area contributed by atoms with E-state index in [-0.39, 0.29) is 5.56 Å². The summed E-state index contributed by atoms with van der Waals surface area (Å²) >= 11 is 6.81. The van der Waals surface area contributed by atoms with E-state index in [0.29, 0.717) is 16.6 Å². The number of carboxylic acid groups (broad SMARTS) is 1. The predicted molar refractivity (Wildman–Crippen MR) is 87.3 cm³/mol. The molecule has 21 heavy (non-hydrogen) atoms. The van der Waals surface area contributed by atoms with Crippen molar-refractivity contribution >= 4 is 48.7 Å². The quantitative estimate of drug-likeness (QED) is 0.678. The summed E-state index contributed by atoms with van der Waals surface area (Å²) in [6.07, 6.45) is 3.32. The van der Waals surface area contributed by atoms with Gasteiger partial charge in [-0.2, -0.15) is 0 Å². The Morgan fingerprint density at radius 2 is 2.00 bits per heavy atom. The van der Waals surface area contributed by atoms with Gasteiger partial charge in [0.2, 0.25) is 0 Å². The van der Waals surface area contributed by atoms with Crippen molar-refractivity contribution in [3.63, 3.8) is 0 Å². The molecule has 0 saturated carbocycles. The molecule has 2 heterocycles. The van der Waals surface area contributed by atoms with Crippen LogP contribution in [-0.2, 0) is 0 Å². The predicted octanol–water partition coefficient (Wildman–Crippen LogP) is 4.52. The molecular weight excluding hydrogens is 400 g/mol. The van der Waals surface area contributed by atoms with Crippen LogP contribution in [0.25, 0.3) is 22.2 Å².